The number of aliphatic hydroxyl groups excluding tert-OH is 1. The van der Waals surface area contributed by atoms with Gasteiger partial charge in [0.1, 0.15) is 10.8 Å². The molecule has 0 bridgehead atoms. The minimum Gasteiger partial charge on any atom is -0.387 e. The van der Waals surface area contributed by atoms with Crippen LogP contribution < -0.4 is 5.32 Å². The summed E-state index contributed by atoms with van der Waals surface area (Å²) < 4.78 is 13.6. The Bertz CT molecular complexity index is 727. The Kier molecular flexibility index (Phi) is 4.94. The quantitative estimate of drug-likeness (QED) is 0.720. The molecule has 3 rings (SSSR count). The first kappa shape index (κ1) is 15.3. The van der Waals surface area contributed by atoms with Gasteiger partial charge in [-0.15, -0.1) is 11.3 Å². The van der Waals surface area contributed by atoms with Crippen LogP contribution in [0.1, 0.15) is 17.4 Å². The molecule has 0 saturated carbocycles. The molecule has 0 aliphatic carbocycles. The van der Waals surface area contributed by atoms with Gasteiger partial charge in [-0.2, -0.15) is 11.3 Å². The minimum atomic E-state index is -0.865. The fourth-order valence-electron chi connectivity index (χ4n) is 2.10. The van der Waals surface area contributed by atoms with Crippen molar-refractivity contribution in [2.24, 2.45) is 0 Å². The van der Waals surface area contributed by atoms with Gasteiger partial charge in [-0.25, -0.2) is 9.37 Å². The fourth-order valence-corrected chi connectivity index (χ4v) is 3.63. The van der Waals surface area contributed by atoms with Gasteiger partial charge in [0.05, 0.1) is 11.8 Å². The van der Waals surface area contributed by atoms with Crippen LogP contribution in [0.3, 0.4) is 0 Å². The van der Waals surface area contributed by atoms with Crippen LogP contribution in [0, 0.1) is 5.82 Å². The Morgan fingerprint density at radius 1 is 1.23 bits per heavy atom. The molecule has 22 heavy (non-hydrogen) atoms. The van der Waals surface area contributed by atoms with E-state index in [-0.39, 0.29) is 12.4 Å². The van der Waals surface area contributed by atoms with Gasteiger partial charge in [-0.1, -0.05) is 18.2 Å². The predicted octanol–water partition coefficient (Wildman–Crippen LogP) is 3.83. The summed E-state index contributed by atoms with van der Waals surface area (Å²) >= 11 is 3.24. The number of nitrogens with zero attached hydrogens (tertiary/aromatic N) is 1. The van der Waals surface area contributed by atoms with Crippen molar-refractivity contribution in [1.82, 2.24) is 10.3 Å². The van der Waals surface area contributed by atoms with Gasteiger partial charge in [-0.3, -0.25) is 0 Å². The molecule has 6 heteroatoms. The topological polar surface area (TPSA) is 45.1 Å². The summed E-state index contributed by atoms with van der Waals surface area (Å²) in [6.45, 7) is 0.832. The average molecular weight is 334 g/mol. The lowest BCUT2D eigenvalue weighted by Crippen LogP contribution is -2.21. The van der Waals surface area contributed by atoms with E-state index >= 15 is 0 Å². The van der Waals surface area contributed by atoms with E-state index in [4.69, 9.17) is 0 Å². The maximum absolute atomic E-state index is 13.6. The van der Waals surface area contributed by atoms with Crippen molar-refractivity contribution in [3.63, 3.8) is 0 Å². The Balaban J connectivity index is 1.54. The van der Waals surface area contributed by atoms with Gasteiger partial charge in [0, 0.05) is 35.0 Å². The maximum atomic E-state index is 13.6. The summed E-state index contributed by atoms with van der Waals surface area (Å²) in [5, 5.41) is 20.2. The molecular formula is C16H15FN2OS2. The number of thiophene rings is 1. The second-order valence-electron chi connectivity index (χ2n) is 4.82. The van der Waals surface area contributed by atoms with Crippen LogP contribution in [-0.4, -0.2) is 16.6 Å². The Morgan fingerprint density at radius 3 is 2.86 bits per heavy atom. The Labute approximate surface area is 136 Å². The van der Waals surface area contributed by atoms with Gasteiger partial charge in [0.15, 0.2) is 0 Å². The van der Waals surface area contributed by atoms with E-state index in [1.165, 1.54) is 6.07 Å². The summed E-state index contributed by atoms with van der Waals surface area (Å²) in [6.07, 6.45) is -0.865. The number of aliphatic hydroxyl groups is 1. The molecule has 3 nitrogen and oxygen atoms in total. The molecule has 1 atom stereocenters. The number of nitrogens with one attached hydrogen (secondary N) is 1. The van der Waals surface area contributed by atoms with Gasteiger partial charge < -0.3 is 10.4 Å². The molecule has 3 aromatic rings. The Morgan fingerprint density at radius 2 is 2.09 bits per heavy atom. The van der Waals surface area contributed by atoms with Crippen LogP contribution in [0.2, 0.25) is 0 Å². The van der Waals surface area contributed by atoms with Crippen LogP contribution in [-0.2, 0) is 6.54 Å². The number of hydrogen-bond donors (Lipinski definition) is 2. The van der Waals surface area contributed by atoms with Crippen molar-refractivity contribution in [2.45, 2.75) is 12.6 Å². The standard InChI is InChI=1S/C16H15FN2OS2/c17-14-4-2-1-3-13(14)15(20)8-18-7-12-10-22-16(19-12)11-5-6-21-9-11/h1-6,9-10,15,18,20H,7-8H2. The molecule has 2 N–H and O–H groups in total. The minimum absolute atomic E-state index is 0.284. The van der Waals surface area contributed by atoms with Crippen LogP contribution >= 0.6 is 22.7 Å². The third-order valence-corrected chi connectivity index (χ3v) is 4.85. The second kappa shape index (κ2) is 7.11. The van der Waals surface area contributed by atoms with E-state index in [2.05, 4.69) is 15.7 Å². The summed E-state index contributed by atoms with van der Waals surface area (Å²) in [5.74, 6) is -0.384. The van der Waals surface area contributed by atoms with Crippen molar-refractivity contribution in [3.05, 3.63) is 63.5 Å². The largest absolute Gasteiger partial charge is 0.387 e. The summed E-state index contributed by atoms with van der Waals surface area (Å²) in [6, 6.07) is 8.32. The van der Waals surface area contributed by atoms with E-state index in [1.807, 2.05) is 16.8 Å². The number of hydrogen-bond acceptors (Lipinski definition) is 5. The van der Waals surface area contributed by atoms with Gasteiger partial charge in [0.25, 0.3) is 0 Å². The van der Waals surface area contributed by atoms with E-state index in [0.29, 0.717) is 12.1 Å². The lowest BCUT2D eigenvalue weighted by Gasteiger charge is -2.12. The van der Waals surface area contributed by atoms with Crippen molar-refractivity contribution >= 4 is 22.7 Å². The maximum Gasteiger partial charge on any atom is 0.129 e. The molecule has 2 heterocycles. The van der Waals surface area contributed by atoms with Crippen LogP contribution in [0.4, 0.5) is 4.39 Å². The predicted molar refractivity (Wildman–Crippen MR) is 88.5 cm³/mol. The first-order valence-corrected chi connectivity index (χ1v) is 8.66. The number of rotatable bonds is 6. The molecule has 0 saturated heterocycles. The molecular weight excluding hydrogens is 319 g/mol. The summed E-state index contributed by atoms with van der Waals surface area (Å²) in [5.41, 5.74) is 2.37. The van der Waals surface area contributed by atoms with Gasteiger partial charge in [0.2, 0.25) is 0 Å². The molecule has 114 valence electrons. The smallest absolute Gasteiger partial charge is 0.129 e. The van der Waals surface area contributed by atoms with Crippen LogP contribution in [0.25, 0.3) is 10.6 Å². The number of aromatic nitrogens is 1. The second-order valence-corrected chi connectivity index (χ2v) is 6.46. The zero-order valence-electron chi connectivity index (χ0n) is 11.7. The van der Waals surface area contributed by atoms with E-state index in [0.717, 1.165) is 16.3 Å². The van der Waals surface area contributed by atoms with E-state index < -0.39 is 6.10 Å². The highest BCUT2D eigenvalue weighted by Crippen LogP contribution is 2.25. The Hall–Kier alpha value is -1.60. The molecule has 0 spiro atoms. The highest BCUT2D eigenvalue weighted by atomic mass is 32.1. The average Bonchev–Trinajstić information content (AvgIpc) is 3.18. The molecule has 1 aromatic carbocycles. The normalized spacial score (nSPS) is 12.5. The van der Waals surface area contributed by atoms with Crippen molar-refractivity contribution < 1.29 is 9.50 Å². The fraction of sp³-hybridized carbons (Fsp3) is 0.188. The summed E-state index contributed by atoms with van der Waals surface area (Å²) in [4.78, 5) is 4.55. The summed E-state index contributed by atoms with van der Waals surface area (Å²) in [7, 11) is 0. The van der Waals surface area contributed by atoms with Crippen molar-refractivity contribution in [3.8, 4) is 10.6 Å². The third kappa shape index (κ3) is 3.59. The van der Waals surface area contributed by atoms with Gasteiger partial charge in [-0.05, 0) is 17.5 Å². The van der Waals surface area contributed by atoms with Crippen LogP contribution in [0.5, 0.6) is 0 Å². The molecule has 2 aromatic heterocycles. The first-order valence-electron chi connectivity index (χ1n) is 6.84. The lowest BCUT2D eigenvalue weighted by molar-refractivity contribution is 0.169. The van der Waals surface area contributed by atoms with E-state index in [9.17, 15) is 9.50 Å². The van der Waals surface area contributed by atoms with Crippen molar-refractivity contribution in [1.29, 1.82) is 0 Å². The lowest BCUT2D eigenvalue weighted by atomic mass is 10.1. The highest BCUT2D eigenvalue weighted by Gasteiger charge is 2.12. The zero-order chi connectivity index (χ0) is 15.4. The number of thiazole rings is 1. The molecule has 0 amide bonds. The first-order chi connectivity index (χ1) is 10.7. The molecule has 0 fully saturated rings. The highest BCUT2D eigenvalue weighted by molar-refractivity contribution is 7.14. The zero-order valence-corrected chi connectivity index (χ0v) is 13.3. The number of halogens is 1. The molecule has 0 aliphatic heterocycles. The SMILES string of the molecule is OC(CNCc1csc(-c2ccsc2)n1)c1ccccc1F. The van der Waals surface area contributed by atoms with Crippen LogP contribution in [0.15, 0.2) is 46.5 Å². The monoisotopic (exact) mass is 334 g/mol. The van der Waals surface area contributed by atoms with Gasteiger partial charge >= 0.3 is 0 Å². The molecule has 1 unspecified atom stereocenters. The molecule has 0 aliphatic rings. The molecule has 0 radical (unpaired) electrons. The number of benzene rings is 1. The van der Waals surface area contributed by atoms with E-state index in [1.54, 1.807) is 40.9 Å². The van der Waals surface area contributed by atoms with Crippen molar-refractivity contribution in [2.75, 3.05) is 6.54 Å². The third-order valence-electron chi connectivity index (χ3n) is 3.23.